The fraction of sp³-hybridized carbons (Fsp3) is 0.400. The number of nitrogen functional groups attached to an aromatic ring is 1. The Kier molecular flexibility index (Phi) is 6.60. The van der Waals surface area contributed by atoms with E-state index in [9.17, 15) is 0 Å². The van der Waals surface area contributed by atoms with Crippen LogP contribution in [0, 0.1) is 0 Å². The number of rotatable bonds is 6. The van der Waals surface area contributed by atoms with Crippen LogP contribution in [-0.4, -0.2) is 38.6 Å². The van der Waals surface area contributed by atoms with Crippen molar-refractivity contribution in [3.8, 4) is 16.9 Å². The van der Waals surface area contributed by atoms with E-state index in [1.165, 1.54) is 58.0 Å². The number of nitrogens with zero attached hydrogens (tertiary/aromatic N) is 4. The molecule has 1 aliphatic heterocycles. The molecule has 6 rings (SSSR count). The molecule has 0 atom stereocenters. The average molecular weight is 482 g/mol. The molecule has 0 radical (unpaired) electrons. The quantitative estimate of drug-likeness (QED) is 0.354. The Morgan fingerprint density at radius 2 is 1.64 bits per heavy atom. The Bertz CT molecular complexity index is 1300. The zero-order valence-electron chi connectivity index (χ0n) is 20.9. The highest BCUT2D eigenvalue weighted by Gasteiger charge is 2.29. The Morgan fingerprint density at radius 1 is 0.861 bits per heavy atom. The zero-order valence-corrected chi connectivity index (χ0v) is 20.9. The van der Waals surface area contributed by atoms with Crippen molar-refractivity contribution in [3.63, 3.8) is 0 Å². The average Bonchev–Trinajstić information content (AvgIpc) is 3.34. The van der Waals surface area contributed by atoms with Gasteiger partial charge in [0.05, 0.1) is 5.39 Å². The minimum Gasteiger partial charge on any atom is -0.489 e. The van der Waals surface area contributed by atoms with Crippen LogP contribution in [0.4, 0.5) is 5.82 Å². The smallest absolute Gasteiger partial charge is 0.146 e. The van der Waals surface area contributed by atoms with E-state index in [0.29, 0.717) is 18.5 Å². The lowest BCUT2D eigenvalue weighted by atomic mass is 9.89. The molecule has 1 saturated heterocycles. The first kappa shape index (κ1) is 23.0. The third-order valence-electron chi connectivity index (χ3n) is 8.00. The molecule has 2 aromatic carbocycles. The maximum absolute atomic E-state index is 6.43. The lowest BCUT2D eigenvalue weighted by molar-refractivity contribution is 0.117. The Hall–Kier alpha value is -3.38. The monoisotopic (exact) mass is 481 g/mol. The highest BCUT2D eigenvalue weighted by Crippen LogP contribution is 2.39. The van der Waals surface area contributed by atoms with Crippen LogP contribution in [0.2, 0.25) is 0 Å². The molecule has 4 aromatic rings. The lowest BCUT2D eigenvalue weighted by Crippen LogP contribution is -2.41. The highest BCUT2D eigenvalue weighted by atomic mass is 16.5. The standard InChI is InChI=1S/C30H35N5O/c31-29-28-27(23-10-7-11-26(18-23)36-20-22-8-3-1-4-9-22)19-35(30(28)33-21-32-29)25-14-12-24(13-15-25)34-16-5-2-6-17-34/h1,3-4,7-11,18-19,21,24-25H,2,5-6,12-17,20H2,(H2,31,32,33)/t24-,25+. The van der Waals surface area contributed by atoms with E-state index in [4.69, 9.17) is 15.5 Å². The number of aromatic nitrogens is 3. The lowest BCUT2D eigenvalue weighted by Gasteiger charge is -2.39. The number of anilines is 1. The van der Waals surface area contributed by atoms with Gasteiger partial charge in [0.1, 0.15) is 30.1 Å². The number of hydrogen-bond donors (Lipinski definition) is 1. The number of benzene rings is 2. The summed E-state index contributed by atoms with van der Waals surface area (Å²) in [4.78, 5) is 11.8. The van der Waals surface area contributed by atoms with Crippen LogP contribution in [0.3, 0.4) is 0 Å². The summed E-state index contributed by atoms with van der Waals surface area (Å²) in [5.74, 6) is 1.38. The van der Waals surface area contributed by atoms with Gasteiger partial charge in [0, 0.05) is 23.8 Å². The first-order valence-corrected chi connectivity index (χ1v) is 13.4. The second-order valence-electron chi connectivity index (χ2n) is 10.3. The number of likely N-dealkylation sites (tertiary alicyclic amines) is 1. The highest BCUT2D eigenvalue weighted by molar-refractivity contribution is 6.00. The van der Waals surface area contributed by atoms with Crippen LogP contribution in [0.15, 0.2) is 67.1 Å². The summed E-state index contributed by atoms with van der Waals surface area (Å²) in [6.07, 6.45) is 12.8. The molecule has 2 aliphatic rings. The molecule has 1 saturated carbocycles. The molecule has 2 N–H and O–H groups in total. The van der Waals surface area contributed by atoms with Crippen molar-refractivity contribution < 1.29 is 4.74 Å². The summed E-state index contributed by atoms with van der Waals surface area (Å²) >= 11 is 0. The molecule has 2 aromatic heterocycles. The predicted molar refractivity (Wildman–Crippen MR) is 145 cm³/mol. The fourth-order valence-electron chi connectivity index (χ4n) is 6.08. The van der Waals surface area contributed by atoms with Crippen LogP contribution >= 0.6 is 0 Å². The van der Waals surface area contributed by atoms with Gasteiger partial charge in [-0.25, -0.2) is 9.97 Å². The van der Waals surface area contributed by atoms with Gasteiger partial charge >= 0.3 is 0 Å². The van der Waals surface area contributed by atoms with E-state index in [2.05, 4.69) is 44.9 Å². The van der Waals surface area contributed by atoms with Crippen LogP contribution in [0.1, 0.15) is 56.6 Å². The van der Waals surface area contributed by atoms with E-state index in [0.717, 1.165) is 39.5 Å². The molecule has 3 heterocycles. The second-order valence-corrected chi connectivity index (χ2v) is 10.3. The number of piperidine rings is 1. The van der Waals surface area contributed by atoms with Crippen LogP contribution in [0.25, 0.3) is 22.2 Å². The number of fused-ring (bicyclic) bond motifs is 1. The van der Waals surface area contributed by atoms with Gasteiger partial charge in [0.15, 0.2) is 0 Å². The summed E-state index contributed by atoms with van der Waals surface area (Å²) in [7, 11) is 0. The fourth-order valence-corrected chi connectivity index (χ4v) is 6.08. The minimum atomic E-state index is 0.439. The Morgan fingerprint density at radius 3 is 2.44 bits per heavy atom. The van der Waals surface area contributed by atoms with Gasteiger partial charge < -0.3 is 19.9 Å². The Balaban J connectivity index is 1.26. The van der Waals surface area contributed by atoms with Gasteiger partial charge in [0.25, 0.3) is 0 Å². The van der Waals surface area contributed by atoms with E-state index in [1.54, 1.807) is 6.33 Å². The van der Waals surface area contributed by atoms with Crippen molar-refractivity contribution in [3.05, 3.63) is 72.7 Å². The van der Waals surface area contributed by atoms with Crippen molar-refractivity contribution in [2.75, 3.05) is 18.8 Å². The zero-order chi connectivity index (χ0) is 24.3. The molecule has 0 bridgehead atoms. The van der Waals surface area contributed by atoms with Crippen LogP contribution in [0.5, 0.6) is 5.75 Å². The van der Waals surface area contributed by atoms with Crippen molar-refractivity contribution in [1.82, 2.24) is 19.4 Å². The molecule has 0 unspecified atom stereocenters. The maximum atomic E-state index is 6.43. The van der Waals surface area contributed by atoms with Crippen LogP contribution < -0.4 is 10.5 Å². The molecule has 0 amide bonds. The number of nitrogens with two attached hydrogens (primary N) is 1. The van der Waals surface area contributed by atoms with E-state index >= 15 is 0 Å². The summed E-state index contributed by atoms with van der Waals surface area (Å²) in [5, 5.41) is 0.941. The van der Waals surface area contributed by atoms with Gasteiger partial charge in [-0.05, 0) is 74.9 Å². The van der Waals surface area contributed by atoms with Crippen molar-refractivity contribution in [1.29, 1.82) is 0 Å². The number of ether oxygens (including phenoxy) is 1. The summed E-state index contributed by atoms with van der Waals surface area (Å²) < 4.78 is 8.48. The third kappa shape index (κ3) is 4.70. The molecule has 6 nitrogen and oxygen atoms in total. The van der Waals surface area contributed by atoms with Gasteiger partial charge in [0.2, 0.25) is 0 Å². The molecule has 1 aliphatic carbocycles. The maximum Gasteiger partial charge on any atom is 0.146 e. The number of hydrogen-bond acceptors (Lipinski definition) is 5. The van der Waals surface area contributed by atoms with Gasteiger partial charge in [-0.15, -0.1) is 0 Å². The van der Waals surface area contributed by atoms with E-state index in [1.807, 2.05) is 30.3 Å². The van der Waals surface area contributed by atoms with Crippen LogP contribution in [-0.2, 0) is 6.61 Å². The molecule has 2 fully saturated rings. The third-order valence-corrected chi connectivity index (χ3v) is 8.00. The first-order valence-electron chi connectivity index (χ1n) is 13.4. The molecule has 0 spiro atoms. The van der Waals surface area contributed by atoms with Crippen molar-refractivity contribution in [2.24, 2.45) is 0 Å². The molecule has 6 heteroatoms. The molecular formula is C30H35N5O. The minimum absolute atomic E-state index is 0.439. The van der Waals surface area contributed by atoms with Gasteiger partial charge in [-0.2, -0.15) is 0 Å². The molecular weight excluding hydrogens is 446 g/mol. The van der Waals surface area contributed by atoms with E-state index < -0.39 is 0 Å². The van der Waals surface area contributed by atoms with Gasteiger partial charge in [-0.1, -0.05) is 48.9 Å². The molecule has 186 valence electrons. The first-order chi connectivity index (χ1) is 17.8. The van der Waals surface area contributed by atoms with Crippen molar-refractivity contribution in [2.45, 2.75) is 63.6 Å². The SMILES string of the molecule is Nc1ncnc2c1c(-c1cccc(OCc3ccccc3)c1)cn2[C@H]1CC[C@@H](N2CCCCC2)CC1. The normalized spacial score (nSPS) is 21.0. The topological polar surface area (TPSA) is 69.2 Å². The summed E-state index contributed by atoms with van der Waals surface area (Å²) in [6, 6.07) is 19.7. The van der Waals surface area contributed by atoms with E-state index in [-0.39, 0.29) is 0 Å². The van der Waals surface area contributed by atoms with Gasteiger partial charge in [-0.3, -0.25) is 0 Å². The second kappa shape index (κ2) is 10.3. The Labute approximate surface area is 213 Å². The summed E-state index contributed by atoms with van der Waals surface area (Å²) in [5.41, 5.74) is 10.7. The molecule has 36 heavy (non-hydrogen) atoms. The largest absolute Gasteiger partial charge is 0.489 e. The summed E-state index contributed by atoms with van der Waals surface area (Å²) in [6.45, 7) is 3.09. The predicted octanol–water partition coefficient (Wildman–Crippen LogP) is 6.23. The van der Waals surface area contributed by atoms with Crippen molar-refractivity contribution >= 4 is 16.9 Å².